The van der Waals surface area contributed by atoms with Crippen molar-refractivity contribution >= 4 is 26.7 Å². The maximum Gasteiger partial charge on any atom is 0.120 e. The van der Waals surface area contributed by atoms with E-state index < -0.39 is 0 Å². The van der Waals surface area contributed by atoms with Crippen LogP contribution < -0.4 is 4.74 Å². The number of halogens is 1. The number of likely N-dealkylation sites (tertiary alicyclic amines) is 1. The van der Waals surface area contributed by atoms with Gasteiger partial charge < -0.3 is 9.64 Å². The Kier molecular flexibility index (Phi) is 6.33. The smallest absolute Gasteiger partial charge is 0.120 e. The number of fused-ring (bicyclic) bond motifs is 1. The highest BCUT2D eigenvalue weighted by atomic mass is 79.9. The Morgan fingerprint density at radius 3 is 2.50 bits per heavy atom. The molecule has 0 aliphatic carbocycles. The number of benzene rings is 3. The molecule has 1 aliphatic rings. The summed E-state index contributed by atoms with van der Waals surface area (Å²) in [6.07, 6.45) is 4.85. The average Bonchev–Trinajstić information content (AvgIpc) is 2.72. The number of hydrogen-bond acceptors (Lipinski definition) is 2. The molecule has 1 fully saturated rings. The van der Waals surface area contributed by atoms with Gasteiger partial charge >= 0.3 is 0 Å². The van der Waals surface area contributed by atoms with E-state index in [9.17, 15) is 0 Å². The molecule has 4 rings (SSSR count). The molecule has 0 unspecified atom stereocenters. The van der Waals surface area contributed by atoms with Gasteiger partial charge in [0.05, 0.1) is 7.11 Å². The van der Waals surface area contributed by atoms with Gasteiger partial charge in [-0.05, 0) is 84.8 Å². The molecular formula is C25H28BrNO. The third-order valence-corrected chi connectivity index (χ3v) is 6.39. The molecule has 3 heteroatoms. The zero-order valence-corrected chi connectivity index (χ0v) is 18.1. The molecule has 0 aromatic heterocycles. The summed E-state index contributed by atoms with van der Waals surface area (Å²) in [7, 11) is 1.74. The van der Waals surface area contributed by atoms with Gasteiger partial charge in [0.25, 0.3) is 0 Å². The number of hydrogen-bond donors (Lipinski definition) is 0. The van der Waals surface area contributed by atoms with Crippen LogP contribution in [0.25, 0.3) is 10.8 Å². The molecular weight excluding hydrogens is 410 g/mol. The average molecular weight is 438 g/mol. The molecule has 0 N–H and O–H groups in total. The van der Waals surface area contributed by atoms with Crippen LogP contribution in [-0.4, -0.2) is 31.6 Å². The lowest BCUT2D eigenvalue weighted by atomic mass is 9.90. The summed E-state index contributed by atoms with van der Waals surface area (Å²) in [5.41, 5.74) is 2.82. The van der Waals surface area contributed by atoms with Gasteiger partial charge in [0.15, 0.2) is 0 Å². The first-order chi connectivity index (χ1) is 13.7. The predicted molar refractivity (Wildman–Crippen MR) is 121 cm³/mol. The van der Waals surface area contributed by atoms with Crippen LogP contribution in [-0.2, 0) is 12.8 Å². The first-order valence-corrected chi connectivity index (χ1v) is 11.0. The minimum atomic E-state index is 0.774. The summed E-state index contributed by atoms with van der Waals surface area (Å²) < 4.78 is 6.51. The van der Waals surface area contributed by atoms with E-state index in [-0.39, 0.29) is 0 Å². The van der Waals surface area contributed by atoms with Crippen LogP contribution in [0.4, 0.5) is 0 Å². The van der Waals surface area contributed by atoms with Gasteiger partial charge in [-0.1, -0.05) is 58.4 Å². The van der Waals surface area contributed by atoms with E-state index >= 15 is 0 Å². The van der Waals surface area contributed by atoms with Crippen LogP contribution >= 0.6 is 15.9 Å². The topological polar surface area (TPSA) is 12.5 Å². The van der Waals surface area contributed by atoms with Crippen molar-refractivity contribution in [3.8, 4) is 5.75 Å². The molecule has 0 spiro atoms. The second-order valence-electron chi connectivity index (χ2n) is 7.92. The third-order valence-electron chi connectivity index (χ3n) is 5.93. The Morgan fingerprint density at radius 1 is 0.929 bits per heavy atom. The van der Waals surface area contributed by atoms with E-state index in [0.717, 1.165) is 35.5 Å². The molecule has 0 amide bonds. The van der Waals surface area contributed by atoms with Crippen molar-refractivity contribution in [3.63, 3.8) is 0 Å². The van der Waals surface area contributed by atoms with E-state index in [1.54, 1.807) is 7.11 Å². The van der Waals surface area contributed by atoms with Crippen molar-refractivity contribution in [1.82, 2.24) is 4.90 Å². The lowest BCUT2D eigenvalue weighted by Gasteiger charge is -2.32. The van der Waals surface area contributed by atoms with Gasteiger partial charge in [-0.15, -0.1) is 0 Å². The molecule has 2 nitrogen and oxygen atoms in total. The molecule has 0 radical (unpaired) electrons. The van der Waals surface area contributed by atoms with E-state index in [0.29, 0.717) is 0 Å². The molecule has 3 aromatic carbocycles. The van der Waals surface area contributed by atoms with Gasteiger partial charge in [0, 0.05) is 11.0 Å². The van der Waals surface area contributed by atoms with Crippen molar-refractivity contribution in [1.29, 1.82) is 0 Å². The van der Waals surface area contributed by atoms with Crippen LogP contribution in [0.15, 0.2) is 65.1 Å². The van der Waals surface area contributed by atoms with Crippen molar-refractivity contribution in [3.05, 3.63) is 76.3 Å². The van der Waals surface area contributed by atoms with Crippen molar-refractivity contribution in [2.45, 2.75) is 25.7 Å². The minimum Gasteiger partial charge on any atom is -0.497 e. The molecule has 1 aliphatic heterocycles. The Labute approximate surface area is 176 Å². The maximum atomic E-state index is 5.40. The van der Waals surface area contributed by atoms with Crippen molar-refractivity contribution in [2.75, 3.05) is 26.7 Å². The normalized spacial score (nSPS) is 15.8. The second-order valence-corrected chi connectivity index (χ2v) is 8.84. The van der Waals surface area contributed by atoms with Crippen LogP contribution in [0.5, 0.6) is 5.75 Å². The fourth-order valence-electron chi connectivity index (χ4n) is 4.29. The highest BCUT2D eigenvalue weighted by Gasteiger charge is 2.19. The third kappa shape index (κ3) is 4.95. The van der Waals surface area contributed by atoms with Gasteiger partial charge in [0.1, 0.15) is 5.75 Å². The molecule has 0 bridgehead atoms. The minimum absolute atomic E-state index is 0.774. The summed E-state index contributed by atoms with van der Waals surface area (Å²) >= 11 is 3.60. The molecule has 1 heterocycles. The maximum absolute atomic E-state index is 5.40. The summed E-state index contributed by atoms with van der Waals surface area (Å²) in [5.74, 6) is 1.72. The van der Waals surface area contributed by atoms with Crippen LogP contribution in [0.2, 0.25) is 0 Å². The zero-order valence-electron chi connectivity index (χ0n) is 16.5. The SMILES string of the molecule is COc1cc(Br)cc(CC2CCN(CCc3ccc4ccccc4c3)CC2)c1. The number of rotatable bonds is 6. The Hall–Kier alpha value is -1.84. The van der Waals surface area contributed by atoms with Crippen LogP contribution in [0.1, 0.15) is 24.0 Å². The largest absolute Gasteiger partial charge is 0.497 e. The summed E-state index contributed by atoms with van der Waals surface area (Å²) in [6, 6.07) is 22.0. The Balaban J connectivity index is 1.27. The summed E-state index contributed by atoms with van der Waals surface area (Å²) in [5, 5.41) is 2.68. The number of ether oxygens (including phenoxy) is 1. The fraction of sp³-hybridized carbons (Fsp3) is 0.360. The van der Waals surface area contributed by atoms with Crippen LogP contribution in [0, 0.1) is 5.92 Å². The molecule has 28 heavy (non-hydrogen) atoms. The van der Waals surface area contributed by atoms with Gasteiger partial charge in [-0.3, -0.25) is 0 Å². The molecule has 0 saturated carbocycles. The van der Waals surface area contributed by atoms with Gasteiger partial charge in [-0.2, -0.15) is 0 Å². The summed E-state index contributed by atoms with van der Waals surface area (Å²) in [4.78, 5) is 2.63. The van der Waals surface area contributed by atoms with Gasteiger partial charge in [0.2, 0.25) is 0 Å². The van der Waals surface area contributed by atoms with Crippen LogP contribution in [0.3, 0.4) is 0 Å². The Morgan fingerprint density at radius 2 is 1.71 bits per heavy atom. The number of methoxy groups -OCH3 is 1. The highest BCUT2D eigenvalue weighted by molar-refractivity contribution is 9.10. The zero-order chi connectivity index (χ0) is 19.3. The molecule has 0 atom stereocenters. The Bertz CT molecular complexity index is 931. The summed E-state index contributed by atoms with van der Waals surface area (Å²) in [6.45, 7) is 3.59. The molecule has 3 aromatic rings. The first-order valence-electron chi connectivity index (χ1n) is 10.2. The van der Waals surface area contributed by atoms with E-state index in [4.69, 9.17) is 4.74 Å². The first kappa shape index (κ1) is 19.5. The molecule has 146 valence electrons. The monoisotopic (exact) mass is 437 g/mol. The fourth-order valence-corrected chi connectivity index (χ4v) is 4.81. The number of piperidine rings is 1. The number of nitrogens with zero attached hydrogens (tertiary/aromatic N) is 1. The lowest BCUT2D eigenvalue weighted by Crippen LogP contribution is -2.35. The van der Waals surface area contributed by atoms with Crippen molar-refractivity contribution in [2.24, 2.45) is 5.92 Å². The van der Waals surface area contributed by atoms with Gasteiger partial charge in [-0.25, -0.2) is 0 Å². The van der Waals surface area contributed by atoms with E-state index in [2.05, 4.69) is 75.4 Å². The quantitative estimate of drug-likeness (QED) is 0.461. The lowest BCUT2D eigenvalue weighted by molar-refractivity contribution is 0.186. The van der Waals surface area contributed by atoms with Crippen molar-refractivity contribution < 1.29 is 4.74 Å². The second kappa shape index (κ2) is 9.11. The van der Waals surface area contributed by atoms with E-state index in [1.807, 2.05) is 6.07 Å². The standard InChI is InChI=1S/C25H28BrNO/c1-28-25-17-21(16-24(26)18-25)14-20-9-12-27(13-10-20)11-8-19-6-7-22-4-2-3-5-23(22)15-19/h2-7,15-18,20H,8-14H2,1H3. The van der Waals surface area contributed by atoms with E-state index in [1.165, 1.54) is 47.8 Å². The predicted octanol–water partition coefficient (Wildman–Crippen LogP) is 6.11. The highest BCUT2D eigenvalue weighted by Crippen LogP contribution is 2.27. The molecule has 1 saturated heterocycles.